The van der Waals surface area contributed by atoms with E-state index in [1.54, 1.807) is 7.05 Å². The van der Waals surface area contributed by atoms with E-state index in [9.17, 15) is 4.53 Å². The van der Waals surface area contributed by atoms with Crippen molar-refractivity contribution in [1.82, 2.24) is 5.32 Å². The summed E-state index contributed by atoms with van der Waals surface area (Å²) in [5, 5.41) is 2.80. The Labute approximate surface area is 42.6 Å². The van der Waals surface area contributed by atoms with E-state index < -0.39 is 0 Å². The molecule has 0 radical (unpaired) electrons. The highest BCUT2D eigenvalue weighted by molar-refractivity contribution is 4.50. The third-order valence-electron chi connectivity index (χ3n) is 0.806. The Hall–Kier alpha value is -0.150. The first-order valence-corrected chi connectivity index (χ1v) is 2.22. The topological polar surface area (TPSA) is 21.3 Å². The van der Waals surface area contributed by atoms with Crippen molar-refractivity contribution in [2.24, 2.45) is 0 Å². The summed E-state index contributed by atoms with van der Waals surface area (Å²) < 4.78 is 10.9. The molecule has 0 fully saturated rings. The van der Waals surface area contributed by atoms with Crippen molar-refractivity contribution >= 4 is 0 Å². The van der Waals surface area contributed by atoms with E-state index in [1.807, 2.05) is 6.92 Å². The molecule has 1 N–H and O–H groups in total. The van der Waals surface area contributed by atoms with Crippen LogP contribution in [0.25, 0.3) is 0 Å². The number of likely N-dealkylation sites (N-methyl/N-ethyl adjacent to an activating group) is 1. The van der Waals surface area contributed by atoms with Gasteiger partial charge in [0.15, 0.2) is 0 Å². The lowest BCUT2D eigenvalue weighted by Gasteiger charge is -2.02. The van der Waals surface area contributed by atoms with Gasteiger partial charge in [0.1, 0.15) is 6.61 Å². The van der Waals surface area contributed by atoms with Crippen molar-refractivity contribution < 1.29 is 9.47 Å². The molecule has 0 aromatic rings. The highest BCUT2D eigenvalue weighted by Gasteiger charge is 1.94. The Balaban J connectivity index is 2.83. The highest BCUT2D eigenvalue weighted by atomic mass is 19.3. The fourth-order valence-corrected chi connectivity index (χ4v) is 0.178. The Bertz CT molecular complexity index is 42.7. The quantitative estimate of drug-likeness (QED) is 0.567. The van der Waals surface area contributed by atoms with Gasteiger partial charge in [-0.25, -0.2) is 0 Å². The van der Waals surface area contributed by atoms with Crippen LogP contribution in [-0.4, -0.2) is 19.7 Å². The first-order valence-electron chi connectivity index (χ1n) is 2.22. The molecule has 0 spiro atoms. The SMILES string of the molecule is CNC(C)COF. The third kappa shape index (κ3) is 3.69. The summed E-state index contributed by atoms with van der Waals surface area (Å²) in [6.07, 6.45) is 0. The number of hydrogen-bond donors (Lipinski definition) is 1. The summed E-state index contributed by atoms with van der Waals surface area (Å²) in [4.78, 5) is 3.33. The van der Waals surface area contributed by atoms with E-state index in [0.717, 1.165) is 0 Å². The highest BCUT2D eigenvalue weighted by Crippen LogP contribution is 1.80. The van der Waals surface area contributed by atoms with Crippen LogP contribution < -0.4 is 5.32 Å². The molecule has 0 aromatic heterocycles. The fourth-order valence-electron chi connectivity index (χ4n) is 0.178. The van der Waals surface area contributed by atoms with Crippen molar-refractivity contribution in [1.29, 1.82) is 0 Å². The van der Waals surface area contributed by atoms with Gasteiger partial charge in [-0.05, 0) is 18.5 Å². The molecule has 0 heterocycles. The summed E-state index contributed by atoms with van der Waals surface area (Å²) >= 11 is 0. The van der Waals surface area contributed by atoms with Gasteiger partial charge in [-0.2, -0.15) is 4.94 Å². The smallest absolute Gasteiger partial charge is 0.103 e. The zero-order valence-corrected chi connectivity index (χ0v) is 4.57. The van der Waals surface area contributed by atoms with Crippen molar-refractivity contribution in [2.75, 3.05) is 13.7 Å². The molecular weight excluding hydrogens is 97.0 g/mol. The lowest BCUT2D eigenvalue weighted by atomic mass is 10.4. The van der Waals surface area contributed by atoms with E-state index in [2.05, 4.69) is 10.3 Å². The lowest BCUT2D eigenvalue weighted by molar-refractivity contribution is -0.137. The first-order chi connectivity index (χ1) is 3.31. The van der Waals surface area contributed by atoms with Crippen LogP contribution >= 0.6 is 0 Å². The van der Waals surface area contributed by atoms with Crippen LogP contribution in [0.2, 0.25) is 0 Å². The zero-order chi connectivity index (χ0) is 5.70. The maximum atomic E-state index is 10.9. The first kappa shape index (κ1) is 6.85. The second-order valence-electron chi connectivity index (χ2n) is 1.47. The Kier molecular flexibility index (Phi) is 3.93. The van der Waals surface area contributed by atoms with Gasteiger partial charge in [-0.1, -0.05) is 0 Å². The van der Waals surface area contributed by atoms with Gasteiger partial charge >= 0.3 is 0 Å². The summed E-state index contributed by atoms with van der Waals surface area (Å²) in [7, 11) is 1.75. The van der Waals surface area contributed by atoms with E-state index in [0.29, 0.717) is 0 Å². The predicted molar refractivity (Wildman–Crippen MR) is 25.6 cm³/mol. The van der Waals surface area contributed by atoms with Crippen molar-refractivity contribution in [3.05, 3.63) is 0 Å². The second-order valence-corrected chi connectivity index (χ2v) is 1.47. The molecule has 0 saturated heterocycles. The van der Waals surface area contributed by atoms with Crippen LogP contribution in [0.3, 0.4) is 0 Å². The summed E-state index contributed by atoms with van der Waals surface area (Å²) in [6, 6.07) is 0.102. The molecule has 3 heteroatoms. The number of halogens is 1. The molecule has 7 heavy (non-hydrogen) atoms. The standard InChI is InChI=1S/C4H10FNO/c1-4(6-2)3-7-5/h4,6H,3H2,1-2H3. The monoisotopic (exact) mass is 107 g/mol. The average molecular weight is 107 g/mol. The maximum Gasteiger partial charge on any atom is 0.103 e. The van der Waals surface area contributed by atoms with Crippen molar-refractivity contribution in [3.8, 4) is 0 Å². The molecule has 0 aliphatic carbocycles. The van der Waals surface area contributed by atoms with Crippen LogP contribution in [0.15, 0.2) is 0 Å². The predicted octanol–water partition coefficient (Wildman–Crippen LogP) is 0.495. The number of hydrogen-bond acceptors (Lipinski definition) is 2. The average Bonchev–Trinajstić information content (AvgIpc) is 1.68. The summed E-state index contributed by atoms with van der Waals surface area (Å²) in [5.41, 5.74) is 0. The lowest BCUT2D eigenvalue weighted by Crippen LogP contribution is -2.25. The van der Waals surface area contributed by atoms with Gasteiger partial charge in [-0.3, -0.25) is 0 Å². The Morgan fingerprint density at radius 1 is 1.86 bits per heavy atom. The second kappa shape index (κ2) is 4.02. The largest absolute Gasteiger partial charge is 0.315 e. The van der Waals surface area contributed by atoms with Crippen LogP contribution in [0.1, 0.15) is 6.92 Å². The van der Waals surface area contributed by atoms with E-state index in [1.165, 1.54) is 0 Å². The normalized spacial score (nSPS) is 14.1. The fraction of sp³-hybridized carbons (Fsp3) is 1.00. The molecule has 0 aliphatic rings. The van der Waals surface area contributed by atoms with Crippen LogP contribution in [0, 0.1) is 0 Å². The number of nitrogens with one attached hydrogen (secondary N) is 1. The molecular formula is C4H10FNO. The van der Waals surface area contributed by atoms with Crippen LogP contribution in [0.4, 0.5) is 4.53 Å². The molecule has 44 valence electrons. The van der Waals surface area contributed by atoms with Gasteiger partial charge in [0.2, 0.25) is 0 Å². The minimum Gasteiger partial charge on any atom is -0.315 e. The van der Waals surface area contributed by atoms with Gasteiger partial charge < -0.3 is 5.32 Å². The Morgan fingerprint density at radius 3 is 2.57 bits per heavy atom. The maximum absolute atomic E-state index is 10.9. The molecule has 0 aliphatic heterocycles. The molecule has 0 amide bonds. The van der Waals surface area contributed by atoms with E-state index >= 15 is 0 Å². The Morgan fingerprint density at radius 2 is 2.43 bits per heavy atom. The van der Waals surface area contributed by atoms with Crippen LogP contribution in [-0.2, 0) is 4.94 Å². The molecule has 1 atom stereocenters. The molecule has 1 unspecified atom stereocenters. The van der Waals surface area contributed by atoms with Gasteiger partial charge in [0.05, 0.1) is 0 Å². The summed E-state index contributed by atoms with van der Waals surface area (Å²) in [5.74, 6) is 0. The molecule has 0 saturated carbocycles. The van der Waals surface area contributed by atoms with Crippen molar-refractivity contribution in [3.63, 3.8) is 0 Å². The third-order valence-corrected chi connectivity index (χ3v) is 0.806. The van der Waals surface area contributed by atoms with Gasteiger partial charge in [0.25, 0.3) is 0 Å². The van der Waals surface area contributed by atoms with Crippen LogP contribution in [0.5, 0.6) is 0 Å². The molecule has 2 nitrogen and oxygen atoms in total. The van der Waals surface area contributed by atoms with Gasteiger partial charge in [-0.15, -0.1) is 0 Å². The minimum absolute atomic E-state index is 0.102. The molecule has 0 aromatic carbocycles. The van der Waals surface area contributed by atoms with E-state index in [-0.39, 0.29) is 12.6 Å². The molecule has 0 bridgehead atoms. The van der Waals surface area contributed by atoms with Gasteiger partial charge in [0, 0.05) is 6.04 Å². The zero-order valence-electron chi connectivity index (χ0n) is 4.57. The van der Waals surface area contributed by atoms with E-state index in [4.69, 9.17) is 0 Å². The molecule has 0 rings (SSSR count). The minimum atomic E-state index is 0.102. The summed E-state index contributed by atoms with van der Waals surface area (Å²) in [6.45, 7) is 1.95. The van der Waals surface area contributed by atoms with Crippen molar-refractivity contribution in [2.45, 2.75) is 13.0 Å². The number of rotatable bonds is 3.